The second kappa shape index (κ2) is 14.0. The summed E-state index contributed by atoms with van der Waals surface area (Å²) in [5.74, 6) is -0.394. The van der Waals surface area contributed by atoms with E-state index in [1.165, 1.54) is 29.1 Å². The van der Waals surface area contributed by atoms with Gasteiger partial charge in [0.15, 0.2) is 0 Å². The molecule has 0 amide bonds. The Kier molecular flexibility index (Phi) is 12.2. The van der Waals surface area contributed by atoms with E-state index in [0.29, 0.717) is 0 Å². The molecule has 1 aliphatic heterocycles. The standard InChI is InChI=1S/C21H33BO4S.C15H22O2S/c1-14-13-15(27-19(5,6)17(23)24-18(2,3)4)11-12-16(14)22-25-20(7,8)21(9,10)26-22;1-11-8-7-9-12(10-11)18-15(5,6)13(16)17-14(2,3)4/h11-13H,1-10H3;7-10H,1-6H3. The van der Waals surface area contributed by atoms with E-state index in [-0.39, 0.29) is 30.3 Å². The Morgan fingerprint density at radius 3 is 1.47 bits per heavy atom. The molecule has 0 aromatic heterocycles. The van der Waals surface area contributed by atoms with Gasteiger partial charge < -0.3 is 18.8 Å². The number of aryl methyl sites for hydroxylation is 2. The number of carbonyl (C=O) groups excluding carboxylic acids is 2. The number of benzene rings is 2. The Morgan fingerprint density at radius 1 is 0.667 bits per heavy atom. The van der Waals surface area contributed by atoms with E-state index in [2.05, 4.69) is 39.8 Å². The smallest absolute Gasteiger partial charge is 0.459 e. The SMILES string of the molecule is Cc1cc(SC(C)(C)C(=O)OC(C)(C)C)ccc1B1OC(C)(C)C(C)(C)O1.Cc1cccc(SC(C)(C)C(=O)OC(C)(C)C)c1. The van der Waals surface area contributed by atoms with E-state index in [4.69, 9.17) is 18.8 Å². The van der Waals surface area contributed by atoms with Gasteiger partial charge in [0.2, 0.25) is 0 Å². The summed E-state index contributed by atoms with van der Waals surface area (Å²) in [6.07, 6.45) is 0. The van der Waals surface area contributed by atoms with E-state index in [0.717, 1.165) is 20.8 Å². The highest BCUT2D eigenvalue weighted by Crippen LogP contribution is 2.38. The van der Waals surface area contributed by atoms with Crippen LogP contribution in [0, 0.1) is 13.8 Å². The molecular weight excluding hydrogens is 603 g/mol. The van der Waals surface area contributed by atoms with E-state index in [1.807, 2.05) is 113 Å². The summed E-state index contributed by atoms with van der Waals surface area (Å²) in [4.78, 5) is 26.7. The highest BCUT2D eigenvalue weighted by Gasteiger charge is 2.52. The minimum absolute atomic E-state index is 0.179. The van der Waals surface area contributed by atoms with Crippen molar-refractivity contribution in [3.63, 3.8) is 0 Å². The molecule has 0 unspecified atom stereocenters. The molecule has 1 heterocycles. The van der Waals surface area contributed by atoms with Crippen molar-refractivity contribution in [3.8, 4) is 0 Å². The van der Waals surface area contributed by atoms with E-state index < -0.39 is 20.7 Å². The Labute approximate surface area is 281 Å². The molecule has 250 valence electrons. The molecule has 2 aromatic carbocycles. The normalized spacial score (nSPS) is 16.5. The second-order valence-corrected chi connectivity index (χ2v) is 19.0. The average Bonchev–Trinajstić information content (AvgIpc) is 3.03. The van der Waals surface area contributed by atoms with Crippen molar-refractivity contribution >= 4 is 48.0 Å². The van der Waals surface area contributed by atoms with Crippen LogP contribution in [0.25, 0.3) is 0 Å². The maximum Gasteiger partial charge on any atom is 0.495 e. The van der Waals surface area contributed by atoms with Gasteiger partial charge in [-0.05, 0) is 141 Å². The van der Waals surface area contributed by atoms with Gasteiger partial charge in [0.25, 0.3) is 0 Å². The maximum absolute atomic E-state index is 12.5. The number of hydrogen-bond acceptors (Lipinski definition) is 8. The topological polar surface area (TPSA) is 71.1 Å². The van der Waals surface area contributed by atoms with Gasteiger partial charge in [-0.15, -0.1) is 23.5 Å². The van der Waals surface area contributed by atoms with Gasteiger partial charge in [-0.1, -0.05) is 29.3 Å². The molecule has 0 atom stereocenters. The monoisotopic (exact) mass is 658 g/mol. The molecule has 6 nitrogen and oxygen atoms in total. The number of thioether (sulfide) groups is 2. The zero-order chi connectivity index (χ0) is 34.8. The lowest BCUT2D eigenvalue weighted by Gasteiger charge is -2.32. The lowest BCUT2D eigenvalue weighted by molar-refractivity contribution is -0.157. The van der Waals surface area contributed by atoms with Crippen LogP contribution in [-0.2, 0) is 28.4 Å². The summed E-state index contributed by atoms with van der Waals surface area (Å²) in [5.41, 5.74) is 1.63. The molecule has 1 saturated heterocycles. The van der Waals surface area contributed by atoms with Crippen molar-refractivity contribution in [1.82, 2.24) is 0 Å². The molecule has 0 N–H and O–H groups in total. The van der Waals surface area contributed by atoms with E-state index >= 15 is 0 Å². The Hall–Kier alpha value is -1.94. The Balaban J connectivity index is 0.000000341. The molecule has 45 heavy (non-hydrogen) atoms. The molecule has 2 aromatic rings. The van der Waals surface area contributed by atoms with Crippen LogP contribution in [0.3, 0.4) is 0 Å². The van der Waals surface area contributed by atoms with Gasteiger partial charge in [-0.25, -0.2) is 0 Å². The molecular formula is C36H55BO6S2. The molecule has 0 saturated carbocycles. The predicted octanol–water partition coefficient (Wildman–Crippen LogP) is 8.71. The van der Waals surface area contributed by atoms with Gasteiger partial charge in [0.05, 0.1) is 11.2 Å². The fourth-order valence-electron chi connectivity index (χ4n) is 4.10. The van der Waals surface area contributed by atoms with Crippen LogP contribution in [0.15, 0.2) is 52.3 Å². The van der Waals surface area contributed by atoms with Crippen molar-refractivity contribution in [3.05, 3.63) is 53.6 Å². The second-order valence-electron chi connectivity index (χ2n) is 15.7. The third kappa shape index (κ3) is 11.7. The highest BCUT2D eigenvalue weighted by atomic mass is 32.2. The summed E-state index contributed by atoms with van der Waals surface area (Å²) in [6.45, 7) is 31.2. The third-order valence-electron chi connectivity index (χ3n) is 7.26. The minimum atomic E-state index is -0.675. The molecule has 9 heteroatoms. The molecule has 0 bridgehead atoms. The lowest BCUT2D eigenvalue weighted by atomic mass is 9.76. The number of hydrogen-bond donors (Lipinski definition) is 0. The minimum Gasteiger partial charge on any atom is -0.459 e. The van der Waals surface area contributed by atoms with E-state index in [1.54, 1.807) is 0 Å². The van der Waals surface area contributed by atoms with Gasteiger partial charge >= 0.3 is 19.1 Å². The molecule has 0 spiro atoms. The molecule has 3 rings (SSSR count). The summed E-state index contributed by atoms with van der Waals surface area (Å²) in [6, 6.07) is 14.3. The van der Waals surface area contributed by atoms with Gasteiger partial charge in [-0.2, -0.15) is 0 Å². The van der Waals surface area contributed by atoms with E-state index in [9.17, 15) is 9.59 Å². The van der Waals surface area contributed by atoms with Crippen molar-refractivity contribution in [1.29, 1.82) is 0 Å². The number of esters is 2. The Morgan fingerprint density at radius 2 is 1.09 bits per heavy atom. The van der Waals surface area contributed by atoms with Crippen LogP contribution >= 0.6 is 23.5 Å². The first kappa shape index (κ1) is 39.2. The van der Waals surface area contributed by atoms with Crippen molar-refractivity contribution in [2.45, 2.75) is 152 Å². The summed E-state index contributed by atoms with van der Waals surface area (Å²) in [7, 11) is -0.382. The summed E-state index contributed by atoms with van der Waals surface area (Å²) >= 11 is 3.04. The van der Waals surface area contributed by atoms with Crippen LogP contribution in [0.4, 0.5) is 0 Å². The Bertz CT molecular complexity index is 1340. The highest BCUT2D eigenvalue weighted by molar-refractivity contribution is 8.01. The first-order chi connectivity index (χ1) is 20.1. The zero-order valence-corrected chi connectivity index (χ0v) is 32.0. The quantitative estimate of drug-likeness (QED) is 0.166. The molecule has 1 aliphatic rings. The van der Waals surface area contributed by atoms with Crippen LogP contribution < -0.4 is 5.46 Å². The van der Waals surface area contributed by atoms with Crippen LogP contribution in [0.5, 0.6) is 0 Å². The first-order valence-electron chi connectivity index (χ1n) is 15.5. The van der Waals surface area contributed by atoms with Crippen molar-refractivity contribution < 1.29 is 28.4 Å². The van der Waals surface area contributed by atoms with Crippen LogP contribution in [-0.4, -0.2) is 51.0 Å². The third-order valence-corrected chi connectivity index (χ3v) is 9.60. The van der Waals surface area contributed by atoms with Gasteiger partial charge in [0.1, 0.15) is 20.7 Å². The molecule has 0 radical (unpaired) electrons. The molecule has 0 aliphatic carbocycles. The molecule has 1 fully saturated rings. The summed E-state index contributed by atoms with van der Waals surface area (Å²) in [5, 5.41) is 0. The zero-order valence-electron chi connectivity index (χ0n) is 30.4. The first-order valence-corrected chi connectivity index (χ1v) is 17.2. The number of rotatable bonds is 7. The predicted molar refractivity (Wildman–Crippen MR) is 190 cm³/mol. The maximum atomic E-state index is 12.5. The fourth-order valence-corrected chi connectivity index (χ4v) is 6.29. The lowest BCUT2D eigenvalue weighted by Crippen LogP contribution is -2.41. The van der Waals surface area contributed by atoms with Crippen molar-refractivity contribution in [2.75, 3.05) is 0 Å². The number of ether oxygens (including phenoxy) is 2. The van der Waals surface area contributed by atoms with Gasteiger partial charge in [0, 0.05) is 9.79 Å². The number of carbonyl (C=O) groups is 2. The van der Waals surface area contributed by atoms with Crippen LogP contribution in [0.1, 0.15) is 108 Å². The fraction of sp³-hybridized carbons (Fsp3) is 0.611. The average molecular weight is 659 g/mol. The summed E-state index contributed by atoms with van der Waals surface area (Å²) < 4.78 is 22.1. The van der Waals surface area contributed by atoms with Gasteiger partial charge in [-0.3, -0.25) is 9.59 Å². The van der Waals surface area contributed by atoms with Crippen LogP contribution in [0.2, 0.25) is 0 Å². The van der Waals surface area contributed by atoms with Crippen molar-refractivity contribution in [2.24, 2.45) is 0 Å². The largest absolute Gasteiger partial charge is 0.495 e.